The third kappa shape index (κ3) is 3.54. The normalized spacial score (nSPS) is 14.3. The van der Waals surface area contributed by atoms with Gasteiger partial charge in [-0.15, -0.1) is 11.3 Å². The molecular weight excluding hydrogens is 244 g/mol. The van der Waals surface area contributed by atoms with Crippen LogP contribution in [0.4, 0.5) is 0 Å². The van der Waals surface area contributed by atoms with Crippen LogP contribution in [0.15, 0.2) is 5.38 Å². The molecule has 0 N–H and O–H groups in total. The highest BCUT2D eigenvalue weighted by molar-refractivity contribution is 7.88. The van der Waals surface area contributed by atoms with Gasteiger partial charge >= 0.3 is 0 Å². The summed E-state index contributed by atoms with van der Waals surface area (Å²) in [5, 5.41) is 2.79. The van der Waals surface area contributed by atoms with E-state index in [4.69, 9.17) is 0 Å². The van der Waals surface area contributed by atoms with Crippen LogP contribution in [0.1, 0.15) is 31.0 Å². The molecule has 0 aliphatic heterocycles. The number of hydrogen-bond acceptors (Lipinski definition) is 4. The Labute approximate surface area is 101 Å². The highest BCUT2D eigenvalue weighted by Crippen LogP contribution is 2.17. The maximum absolute atomic E-state index is 11.6. The van der Waals surface area contributed by atoms with Crippen molar-refractivity contribution in [2.45, 2.75) is 39.8 Å². The van der Waals surface area contributed by atoms with Crippen molar-refractivity contribution in [3.05, 3.63) is 16.1 Å². The molecule has 1 rings (SSSR count). The monoisotopic (exact) mass is 262 g/mol. The van der Waals surface area contributed by atoms with E-state index >= 15 is 0 Å². The summed E-state index contributed by atoms with van der Waals surface area (Å²) < 4.78 is 24.8. The minimum Gasteiger partial charge on any atom is -0.245 e. The Bertz CT molecular complexity index is 439. The summed E-state index contributed by atoms with van der Waals surface area (Å²) in [7, 11) is -3.17. The summed E-state index contributed by atoms with van der Waals surface area (Å²) >= 11 is 1.50. The molecule has 1 heterocycles. The zero-order valence-electron chi connectivity index (χ0n) is 10.1. The third-order valence-electron chi connectivity index (χ3n) is 2.47. The Kier molecular flexibility index (Phi) is 4.46. The van der Waals surface area contributed by atoms with Gasteiger partial charge in [0.2, 0.25) is 10.0 Å². The van der Waals surface area contributed by atoms with E-state index in [1.807, 2.05) is 26.2 Å². The number of thiazole rings is 1. The summed E-state index contributed by atoms with van der Waals surface area (Å²) in [6.45, 7) is 6.19. The number of nitrogens with zero attached hydrogens (tertiary/aromatic N) is 2. The third-order valence-corrected chi connectivity index (χ3v) is 4.76. The highest BCUT2D eigenvalue weighted by Gasteiger charge is 2.23. The summed E-state index contributed by atoms with van der Waals surface area (Å²) in [5.41, 5.74) is 0.942. The van der Waals surface area contributed by atoms with E-state index in [1.54, 1.807) is 0 Å². The Morgan fingerprint density at radius 2 is 2.19 bits per heavy atom. The van der Waals surface area contributed by atoms with Crippen LogP contribution in [0, 0.1) is 6.92 Å². The first-order chi connectivity index (χ1) is 7.34. The lowest BCUT2D eigenvalue weighted by atomic mass is 10.3. The number of sulfonamides is 1. The molecule has 0 spiro atoms. The molecule has 92 valence electrons. The van der Waals surface area contributed by atoms with Crippen LogP contribution >= 0.6 is 11.3 Å². The molecule has 0 bridgehead atoms. The second-order valence-electron chi connectivity index (χ2n) is 3.95. The average molecular weight is 262 g/mol. The summed E-state index contributed by atoms with van der Waals surface area (Å²) in [6, 6.07) is 0.0132. The number of rotatable bonds is 5. The Hall–Kier alpha value is -0.460. The van der Waals surface area contributed by atoms with Crippen molar-refractivity contribution in [3.8, 4) is 0 Å². The van der Waals surface area contributed by atoms with Crippen molar-refractivity contribution >= 4 is 21.4 Å². The van der Waals surface area contributed by atoms with Crippen LogP contribution in [0.25, 0.3) is 0 Å². The largest absolute Gasteiger partial charge is 0.245 e. The Morgan fingerprint density at radius 1 is 1.56 bits per heavy atom. The average Bonchev–Trinajstić information content (AvgIpc) is 2.57. The molecule has 0 fully saturated rings. The standard InChI is InChI=1S/C10H18N2O2S2/c1-5-9(3)12(16(4,13)14)6-10-11-8(2)7-15-10/h7,9H,5-6H2,1-4H3. The maximum Gasteiger partial charge on any atom is 0.211 e. The summed E-state index contributed by atoms with van der Waals surface area (Å²) in [6.07, 6.45) is 2.05. The van der Waals surface area contributed by atoms with Crippen molar-refractivity contribution in [2.24, 2.45) is 0 Å². The van der Waals surface area contributed by atoms with Gasteiger partial charge in [0.1, 0.15) is 5.01 Å². The second kappa shape index (κ2) is 5.25. The molecule has 0 aliphatic rings. The molecule has 0 aromatic carbocycles. The van der Waals surface area contributed by atoms with Gasteiger partial charge in [0.25, 0.3) is 0 Å². The lowest BCUT2D eigenvalue weighted by molar-refractivity contribution is 0.325. The fourth-order valence-electron chi connectivity index (χ4n) is 1.41. The predicted molar refractivity (Wildman–Crippen MR) is 67.0 cm³/mol. The van der Waals surface area contributed by atoms with Crippen molar-refractivity contribution in [1.29, 1.82) is 0 Å². The first-order valence-corrected chi connectivity index (χ1v) is 7.95. The predicted octanol–water partition coefficient (Wildman–Crippen LogP) is 2.01. The molecular formula is C10H18N2O2S2. The minimum absolute atomic E-state index is 0.0132. The number of aromatic nitrogens is 1. The topological polar surface area (TPSA) is 50.3 Å². The van der Waals surface area contributed by atoms with Gasteiger partial charge in [0.15, 0.2) is 0 Å². The van der Waals surface area contributed by atoms with Gasteiger partial charge in [0, 0.05) is 17.1 Å². The highest BCUT2D eigenvalue weighted by atomic mass is 32.2. The molecule has 0 aliphatic carbocycles. The van der Waals surface area contributed by atoms with Crippen LogP contribution in [-0.4, -0.2) is 30.0 Å². The van der Waals surface area contributed by atoms with Crippen molar-refractivity contribution in [1.82, 2.24) is 9.29 Å². The van der Waals surface area contributed by atoms with Gasteiger partial charge in [-0.1, -0.05) is 6.92 Å². The zero-order valence-corrected chi connectivity index (χ0v) is 11.7. The molecule has 1 unspecified atom stereocenters. The smallest absolute Gasteiger partial charge is 0.211 e. The van der Waals surface area contributed by atoms with Gasteiger partial charge in [0.05, 0.1) is 12.8 Å². The quantitative estimate of drug-likeness (QED) is 0.815. The molecule has 0 saturated heterocycles. The number of hydrogen-bond donors (Lipinski definition) is 0. The number of aryl methyl sites for hydroxylation is 1. The maximum atomic E-state index is 11.6. The Morgan fingerprint density at radius 3 is 2.56 bits per heavy atom. The van der Waals surface area contributed by atoms with Gasteiger partial charge in [-0.2, -0.15) is 4.31 Å². The van der Waals surface area contributed by atoms with Crippen LogP contribution in [0.2, 0.25) is 0 Å². The molecule has 1 atom stereocenters. The fourth-order valence-corrected chi connectivity index (χ4v) is 3.42. The van der Waals surface area contributed by atoms with E-state index in [1.165, 1.54) is 21.9 Å². The van der Waals surface area contributed by atoms with Crippen molar-refractivity contribution in [2.75, 3.05) is 6.26 Å². The van der Waals surface area contributed by atoms with E-state index in [2.05, 4.69) is 4.98 Å². The Balaban J connectivity index is 2.88. The van der Waals surface area contributed by atoms with Gasteiger partial charge in [-0.3, -0.25) is 0 Å². The first kappa shape index (κ1) is 13.6. The molecule has 4 nitrogen and oxygen atoms in total. The van der Waals surface area contributed by atoms with Crippen molar-refractivity contribution < 1.29 is 8.42 Å². The van der Waals surface area contributed by atoms with Gasteiger partial charge in [-0.25, -0.2) is 13.4 Å². The van der Waals surface area contributed by atoms with E-state index in [-0.39, 0.29) is 6.04 Å². The van der Waals surface area contributed by atoms with E-state index in [9.17, 15) is 8.42 Å². The van der Waals surface area contributed by atoms with Crippen LogP contribution < -0.4 is 0 Å². The lowest BCUT2D eigenvalue weighted by Gasteiger charge is -2.24. The molecule has 0 saturated carbocycles. The van der Waals surface area contributed by atoms with Gasteiger partial charge in [-0.05, 0) is 20.3 Å². The molecule has 0 radical (unpaired) electrons. The SMILES string of the molecule is CCC(C)N(Cc1nc(C)cs1)S(C)(=O)=O. The summed E-state index contributed by atoms with van der Waals surface area (Å²) in [5.74, 6) is 0. The molecule has 16 heavy (non-hydrogen) atoms. The minimum atomic E-state index is -3.17. The van der Waals surface area contributed by atoms with E-state index < -0.39 is 10.0 Å². The lowest BCUT2D eigenvalue weighted by Crippen LogP contribution is -2.36. The van der Waals surface area contributed by atoms with E-state index in [0.29, 0.717) is 6.54 Å². The first-order valence-electron chi connectivity index (χ1n) is 5.22. The second-order valence-corrected chi connectivity index (χ2v) is 6.83. The van der Waals surface area contributed by atoms with Crippen molar-refractivity contribution in [3.63, 3.8) is 0 Å². The molecule has 0 amide bonds. The zero-order chi connectivity index (χ0) is 12.3. The van der Waals surface area contributed by atoms with Crippen LogP contribution in [0.5, 0.6) is 0 Å². The summed E-state index contributed by atoms with van der Waals surface area (Å²) in [4.78, 5) is 4.29. The molecule has 6 heteroatoms. The molecule has 1 aromatic rings. The van der Waals surface area contributed by atoms with E-state index in [0.717, 1.165) is 17.1 Å². The van der Waals surface area contributed by atoms with Crippen LogP contribution in [-0.2, 0) is 16.6 Å². The fraction of sp³-hybridized carbons (Fsp3) is 0.700. The van der Waals surface area contributed by atoms with Gasteiger partial charge < -0.3 is 0 Å². The molecule has 1 aromatic heterocycles. The van der Waals surface area contributed by atoms with Crippen LogP contribution in [0.3, 0.4) is 0 Å².